The van der Waals surface area contributed by atoms with Gasteiger partial charge in [0.05, 0.1) is 6.61 Å². The van der Waals surface area contributed by atoms with Gasteiger partial charge in [0, 0.05) is 31.4 Å². The molecule has 0 aliphatic rings. The number of nitrogens with one attached hydrogen (secondary N) is 2. The second-order valence-corrected chi connectivity index (χ2v) is 4.59. The molecule has 0 radical (unpaired) electrons. The Kier molecular flexibility index (Phi) is 5.58. The van der Waals surface area contributed by atoms with Crippen LogP contribution in [0.4, 0.5) is 0 Å². The zero-order valence-electron chi connectivity index (χ0n) is 11.7. The number of hydrogen-bond acceptors (Lipinski definition) is 3. The minimum atomic E-state index is -0.165. The molecule has 21 heavy (non-hydrogen) atoms. The Morgan fingerprint density at radius 3 is 2.76 bits per heavy atom. The van der Waals surface area contributed by atoms with Gasteiger partial charge in [0.25, 0.3) is 0 Å². The van der Waals surface area contributed by atoms with Crippen LogP contribution in [0.25, 0.3) is 0 Å². The zero-order valence-corrected chi connectivity index (χ0v) is 11.7. The van der Waals surface area contributed by atoms with Crippen molar-refractivity contribution in [3.63, 3.8) is 0 Å². The number of pyridine rings is 1. The fraction of sp³-hybridized carbons (Fsp3) is 0.250. The van der Waals surface area contributed by atoms with Crippen LogP contribution >= 0.6 is 0 Å². The second-order valence-electron chi connectivity index (χ2n) is 4.59. The van der Waals surface area contributed by atoms with Gasteiger partial charge in [-0.05, 0) is 12.0 Å². The summed E-state index contributed by atoms with van der Waals surface area (Å²) in [6, 6.07) is 11.1. The molecule has 110 valence electrons. The van der Waals surface area contributed by atoms with E-state index >= 15 is 0 Å². The highest BCUT2D eigenvalue weighted by Crippen LogP contribution is 2.01. The van der Waals surface area contributed by atoms with Gasteiger partial charge in [0.2, 0.25) is 11.3 Å². The lowest BCUT2D eigenvalue weighted by Crippen LogP contribution is -2.23. The molecule has 2 N–H and O–H groups in total. The number of ether oxygens (including phenoxy) is 1. The molecule has 0 aliphatic heterocycles. The first-order valence-corrected chi connectivity index (χ1v) is 6.86. The Morgan fingerprint density at radius 1 is 1.19 bits per heavy atom. The summed E-state index contributed by atoms with van der Waals surface area (Å²) in [7, 11) is 0. The molecule has 2 rings (SSSR count). The van der Waals surface area contributed by atoms with Crippen molar-refractivity contribution in [2.45, 2.75) is 19.4 Å². The van der Waals surface area contributed by atoms with E-state index in [-0.39, 0.29) is 17.1 Å². The van der Waals surface area contributed by atoms with Crippen LogP contribution in [0.3, 0.4) is 0 Å². The highest BCUT2D eigenvalue weighted by atomic mass is 16.5. The van der Waals surface area contributed by atoms with Crippen molar-refractivity contribution in [2.75, 3.05) is 6.61 Å². The van der Waals surface area contributed by atoms with Gasteiger partial charge < -0.3 is 15.0 Å². The molecule has 1 aromatic heterocycles. The molecule has 0 atom stereocenters. The van der Waals surface area contributed by atoms with Crippen LogP contribution in [0, 0.1) is 0 Å². The number of hydrogen-bond donors (Lipinski definition) is 2. The molecule has 0 fully saturated rings. The molecule has 0 spiro atoms. The fourth-order valence-electron chi connectivity index (χ4n) is 1.81. The summed E-state index contributed by atoms with van der Waals surface area (Å²) in [5.74, 6) is 0.256. The molecule has 0 bridgehead atoms. The van der Waals surface area contributed by atoms with Crippen LogP contribution in [0.2, 0.25) is 0 Å². The minimum absolute atomic E-state index is 0.0237. The molecule has 0 aliphatic carbocycles. The average molecular weight is 286 g/mol. The van der Waals surface area contributed by atoms with Gasteiger partial charge in [-0.3, -0.25) is 9.59 Å². The van der Waals surface area contributed by atoms with Gasteiger partial charge in [0.15, 0.2) is 5.75 Å². The van der Waals surface area contributed by atoms with Gasteiger partial charge >= 0.3 is 0 Å². The lowest BCUT2D eigenvalue weighted by molar-refractivity contribution is -0.121. The summed E-state index contributed by atoms with van der Waals surface area (Å²) in [6.07, 6.45) is 4.00. The Balaban J connectivity index is 1.63. The average Bonchev–Trinajstić information content (AvgIpc) is 2.52. The largest absolute Gasteiger partial charge is 0.488 e. The fourth-order valence-corrected chi connectivity index (χ4v) is 1.81. The maximum atomic E-state index is 11.7. The SMILES string of the molecule is O=C(CCCOc1c[nH]ccc1=O)NCc1ccccc1. The van der Waals surface area contributed by atoms with Crippen molar-refractivity contribution in [1.82, 2.24) is 10.3 Å². The second kappa shape index (κ2) is 7.89. The monoisotopic (exact) mass is 286 g/mol. The summed E-state index contributed by atoms with van der Waals surface area (Å²) in [5, 5.41) is 2.85. The number of carbonyl (C=O) groups excluding carboxylic acids is 1. The number of benzene rings is 1. The van der Waals surface area contributed by atoms with Crippen molar-refractivity contribution in [2.24, 2.45) is 0 Å². The van der Waals surface area contributed by atoms with Crippen LogP contribution in [-0.4, -0.2) is 17.5 Å². The summed E-state index contributed by atoms with van der Waals surface area (Å²) < 4.78 is 5.33. The molecule has 0 saturated heterocycles. The third-order valence-electron chi connectivity index (χ3n) is 2.93. The predicted molar refractivity (Wildman–Crippen MR) is 80.1 cm³/mol. The number of aromatic amines is 1. The van der Waals surface area contributed by atoms with Crippen molar-refractivity contribution in [3.8, 4) is 5.75 Å². The number of aromatic nitrogens is 1. The van der Waals surface area contributed by atoms with E-state index in [2.05, 4.69) is 10.3 Å². The molecule has 0 saturated carbocycles. The summed E-state index contributed by atoms with van der Waals surface area (Å²) in [4.78, 5) is 25.8. The van der Waals surface area contributed by atoms with E-state index in [0.29, 0.717) is 26.0 Å². The van der Waals surface area contributed by atoms with Gasteiger partial charge in [-0.15, -0.1) is 0 Å². The zero-order chi connectivity index (χ0) is 14.9. The lowest BCUT2D eigenvalue weighted by atomic mass is 10.2. The van der Waals surface area contributed by atoms with Gasteiger partial charge in [-0.1, -0.05) is 30.3 Å². The normalized spacial score (nSPS) is 10.1. The third kappa shape index (κ3) is 5.14. The van der Waals surface area contributed by atoms with Crippen molar-refractivity contribution in [1.29, 1.82) is 0 Å². The molecule has 5 nitrogen and oxygen atoms in total. The smallest absolute Gasteiger partial charge is 0.223 e. The van der Waals surface area contributed by atoms with E-state index in [9.17, 15) is 9.59 Å². The Labute approximate surface area is 123 Å². The van der Waals surface area contributed by atoms with Crippen molar-refractivity contribution >= 4 is 5.91 Å². The highest BCUT2D eigenvalue weighted by Gasteiger charge is 2.03. The van der Waals surface area contributed by atoms with E-state index in [1.807, 2.05) is 30.3 Å². The highest BCUT2D eigenvalue weighted by molar-refractivity contribution is 5.75. The number of H-pyrrole nitrogens is 1. The molecule has 0 unspecified atom stereocenters. The summed E-state index contributed by atoms with van der Waals surface area (Å²) in [6.45, 7) is 0.866. The Hall–Kier alpha value is -2.56. The summed E-state index contributed by atoms with van der Waals surface area (Å²) >= 11 is 0. The summed E-state index contributed by atoms with van der Waals surface area (Å²) in [5.41, 5.74) is 0.903. The molecule has 1 amide bonds. The van der Waals surface area contributed by atoms with E-state index in [1.54, 1.807) is 6.20 Å². The van der Waals surface area contributed by atoms with Gasteiger partial charge in [0.1, 0.15) is 0 Å². The van der Waals surface area contributed by atoms with Crippen LogP contribution in [0.15, 0.2) is 53.6 Å². The van der Waals surface area contributed by atoms with Crippen molar-refractivity contribution < 1.29 is 9.53 Å². The van der Waals surface area contributed by atoms with Crippen LogP contribution in [0.1, 0.15) is 18.4 Å². The number of carbonyl (C=O) groups is 1. The molecule has 5 heteroatoms. The van der Waals surface area contributed by atoms with E-state index in [4.69, 9.17) is 4.74 Å². The molecule has 1 heterocycles. The quantitative estimate of drug-likeness (QED) is 0.763. The standard InChI is InChI=1S/C16H18N2O3/c19-14-8-9-17-12-15(14)21-10-4-7-16(20)18-11-13-5-2-1-3-6-13/h1-3,5-6,8-9,12H,4,7,10-11H2,(H,17,19)(H,18,20). The maximum Gasteiger partial charge on any atom is 0.223 e. The first-order valence-electron chi connectivity index (χ1n) is 6.86. The first kappa shape index (κ1) is 14.8. The van der Waals surface area contributed by atoms with E-state index < -0.39 is 0 Å². The van der Waals surface area contributed by atoms with Crippen LogP contribution in [-0.2, 0) is 11.3 Å². The minimum Gasteiger partial charge on any atom is -0.488 e. The van der Waals surface area contributed by atoms with Crippen LogP contribution in [0.5, 0.6) is 5.75 Å². The topological polar surface area (TPSA) is 71.2 Å². The molecular formula is C16H18N2O3. The van der Waals surface area contributed by atoms with Crippen LogP contribution < -0.4 is 15.5 Å². The predicted octanol–water partition coefficient (Wildman–Crippen LogP) is 1.85. The number of amides is 1. The van der Waals surface area contributed by atoms with Gasteiger partial charge in [-0.2, -0.15) is 0 Å². The molecule has 2 aromatic rings. The van der Waals surface area contributed by atoms with E-state index in [0.717, 1.165) is 5.56 Å². The Morgan fingerprint density at radius 2 is 2.00 bits per heavy atom. The number of rotatable bonds is 7. The lowest BCUT2D eigenvalue weighted by Gasteiger charge is -2.06. The first-order chi connectivity index (χ1) is 10.3. The van der Waals surface area contributed by atoms with E-state index in [1.165, 1.54) is 12.3 Å². The molecule has 1 aromatic carbocycles. The Bertz CT molecular complexity index is 623. The van der Waals surface area contributed by atoms with Gasteiger partial charge in [-0.25, -0.2) is 0 Å². The third-order valence-corrected chi connectivity index (χ3v) is 2.93. The van der Waals surface area contributed by atoms with Crippen molar-refractivity contribution in [3.05, 3.63) is 64.6 Å². The maximum absolute atomic E-state index is 11.7. The molecular weight excluding hydrogens is 268 g/mol.